The van der Waals surface area contributed by atoms with E-state index in [0.29, 0.717) is 0 Å². The molecule has 0 radical (unpaired) electrons. The van der Waals surface area contributed by atoms with Crippen LogP contribution in [0.4, 0.5) is 0 Å². The number of hydrogen-bond donors (Lipinski definition) is 1. The summed E-state index contributed by atoms with van der Waals surface area (Å²) in [7, 11) is 0. The Balaban J connectivity index is 1.90. The Hall–Kier alpha value is -1.35. The highest BCUT2D eigenvalue weighted by molar-refractivity contribution is 5.99. The maximum atomic E-state index is 5.61. The van der Waals surface area contributed by atoms with Gasteiger partial charge in [0, 0.05) is 5.56 Å². The van der Waals surface area contributed by atoms with Gasteiger partial charge in [-0.05, 0) is 25.7 Å². The second kappa shape index (κ2) is 3.35. The highest BCUT2D eigenvalue weighted by Gasteiger charge is 2.39. The summed E-state index contributed by atoms with van der Waals surface area (Å²) >= 11 is 0. The molecule has 3 heteroatoms. The van der Waals surface area contributed by atoms with Gasteiger partial charge < -0.3 is 0 Å². The molecule has 1 spiro atoms. The Morgan fingerprint density at radius 3 is 2.60 bits per heavy atom. The Kier molecular flexibility index (Phi) is 1.99. The van der Waals surface area contributed by atoms with E-state index in [-0.39, 0.29) is 5.72 Å². The van der Waals surface area contributed by atoms with Crippen molar-refractivity contribution in [3.05, 3.63) is 35.9 Å². The normalized spacial score (nSPS) is 22.8. The van der Waals surface area contributed by atoms with Gasteiger partial charge in [0.1, 0.15) is 0 Å². The van der Waals surface area contributed by atoms with Crippen molar-refractivity contribution in [1.82, 2.24) is 5.48 Å². The number of amidine groups is 1. The monoisotopic (exact) mass is 202 g/mol. The molecule has 0 aromatic heterocycles. The summed E-state index contributed by atoms with van der Waals surface area (Å²) in [6.45, 7) is 0. The zero-order valence-electron chi connectivity index (χ0n) is 8.57. The van der Waals surface area contributed by atoms with Crippen molar-refractivity contribution in [2.45, 2.75) is 31.4 Å². The van der Waals surface area contributed by atoms with Crippen molar-refractivity contribution >= 4 is 5.84 Å². The van der Waals surface area contributed by atoms with Gasteiger partial charge >= 0.3 is 0 Å². The topological polar surface area (TPSA) is 33.6 Å². The summed E-state index contributed by atoms with van der Waals surface area (Å²) in [4.78, 5) is 10.3. The van der Waals surface area contributed by atoms with Crippen molar-refractivity contribution in [3.63, 3.8) is 0 Å². The summed E-state index contributed by atoms with van der Waals surface area (Å²) in [5.74, 6) is 0.873. The molecule has 0 saturated heterocycles. The molecule has 1 aromatic rings. The highest BCUT2D eigenvalue weighted by Crippen LogP contribution is 2.36. The Morgan fingerprint density at radius 2 is 1.87 bits per heavy atom. The number of benzene rings is 1. The maximum absolute atomic E-state index is 5.61. The van der Waals surface area contributed by atoms with Gasteiger partial charge in [0.05, 0.1) is 0 Å². The van der Waals surface area contributed by atoms with E-state index in [4.69, 9.17) is 4.84 Å². The van der Waals surface area contributed by atoms with E-state index in [9.17, 15) is 0 Å². The lowest BCUT2D eigenvalue weighted by Crippen LogP contribution is -2.26. The standard InChI is InChI=1S/C12H14N2O/c1-2-6-10(7-3-1)11-13-12(15-14-11)8-4-5-9-12/h1-3,6-7H,4-5,8-9H2,(H,13,14). The lowest BCUT2D eigenvalue weighted by molar-refractivity contribution is -0.0488. The minimum atomic E-state index is -0.259. The van der Waals surface area contributed by atoms with Gasteiger partial charge in [-0.2, -0.15) is 0 Å². The first-order valence-electron chi connectivity index (χ1n) is 5.47. The molecule has 1 heterocycles. The maximum Gasteiger partial charge on any atom is 0.187 e. The Morgan fingerprint density at radius 1 is 1.13 bits per heavy atom. The van der Waals surface area contributed by atoms with Crippen molar-refractivity contribution in [3.8, 4) is 0 Å². The minimum absolute atomic E-state index is 0.259. The zero-order chi connectivity index (χ0) is 10.1. The molecule has 3 nitrogen and oxygen atoms in total. The summed E-state index contributed by atoms with van der Waals surface area (Å²) in [5, 5.41) is 0. The van der Waals surface area contributed by atoms with Crippen molar-refractivity contribution in [2.75, 3.05) is 0 Å². The predicted molar refractivity (Wildman–Crippen MR) is 58.4 cm³/mol. The lowest BCUT2D eigenvalue weighted by atomic mass is 10.2. The van der Waals surface area contributed by atoms with Gasteiger partial charge in [0.2, 0.25) is 0 Å². The van der Waals surface area contributed by atoms with Gasteiger partial charge in [-0.25, -0.2) is 15.3 Å². The van der Waals surface area contributed by atoms with E-state index in [2.05, 4.69) is 10.5 Å². The van der Waals surface area contributed by atoms with E-state index in [0.717, 1.165) is 24.2 Å². The quantitative estimate of drug-likeness (QED) is 0.757. The fourth-order valence-corrected chi connectivity index (χ4v) is 2.25. The van der Waals surface area contributed by atoms with E-state index in [1.54, 1.807) is 0 Å². The predicted octanol–water partition coefficient (Wildman–Crippen LogP) is 2.24. The smallest absolute Gasteiger partial charge is 0.187 e. The molecule has 3 rings (SSSR count). The van der Waals surface area contributed by atoms with E-state index in [1.807, 2.05) is 30.3 Å². The molecule has 78 valence electrons. The van der Waals surface area contributed by atoms with Crippen LogP contribution in [0.3, 0.4) is 0 Å². The van der Waals surface area contributed by atoms with Crippen LogP contribution in [0.5, 0.6) is 0 Å². The molecule has 15 heavy (non-hydrogen) atoms. The van der Waals surface area contributed by atoms with Gasteiger partial charge in [0.25, 0.3) is 0 Å². The molecule has 1 N–H and O–H groups in total. The molecule has 0 bridgehead atoms. The summed E-state index contributed by atoms with van der Waals surface area (Å²) in [6, 6.07) is 10.1. The second-order valence-corrected chi connectivity index (χ2v) is 4.18. The fraction of sp³-hybridized carbons (Fsp3) is 0.417. The van der Waals surface area contributed by atoms with Crippen LogP contribution in [0.1, 0.15) is 31.2 Å². The van der Waals surface area contributed by atoms with Crippen molar-refractivity contribution in [1.29, 1.82) is 0 Å². The summed E-state index contributed by atoms with van der Waals surface area (Å²) in [5.41, 5.74) is 3.80. The first kappa shape index (κ1) is 8.92. The number of hydroxylamine groups is 1. The van der Waals surface area contributed by atoms with Gasteiger partial charge in [-0.1, -0.05) is 30.3 Å². The SMILES string of the molecule is c1ccc(C2=NC3(CCCC3)ON2)cc1. The fourth-order valence-electron chi connectivity index (χ4n) is 2.25. The minimum Gasteiger partial charge on any atom is -0.246 e. The van der Waals surface area contributed by atoms with Crippen LogP contribution >= 0.6 is 0 Å². The molecular weight excluding hydrogens is 188 g/mol. The van der Waals surface area contributed by atoms with Crippen molar-refractivity contribution < 1.29 is 4.84 Å². The Bertz CT molecular complexity index is 380. The number of hydrogen-bond acceptors (Lipinski definition) is 3. The third-order valence-corrected chi connectivity index (χ3v) is 3.09. The Labute approximate surface area is 89.1 Å². The number of rotatable bonds is 1. The largest absolute Gasteiger partial charge is 0.246 e. The van der Waals surface area contributed by atoms with Crippen LogP contribution in [0, 0.1) is 0 Å². The summed E-state index contributed by atoms with van der Waals surface area (Å²) < 4.78 is 0. The van der Waals surface area contributed by atoms with Crippen LogP contribution in [0.25, 0.3) is 0 Å². The first-order valence-corrected chi connectivity index (χ1v) is 5.47. The molecule has 1 aliphatic carbocycles. The molecule has 2 aliphatic rings. The molecule has 1 aliphatic heterocycles. The van der Waals surface area contributed by atoms with Crippen molar-refractivity contribution in [2.24, 2.45) is 4.99 Å². The van der Waals surface area contributed by atoms with Crippen LogP contribution in [-0.2, 0) is 4.84 Å². The van der Waals surface area contributed by atoms with Crippen LogP contribution in [-0.4, -0.2) is 11.6 Å². The highest BCUT2D eigenvalue weighted by atomic mass is 16.7. The first-order chi connectivity index (χ1) is 7.38. The molecule has 1 aromatic carbocycles. The zero-order valence-corrected chi connectivity index (χ0v) is 8.57. The average molecular weight is 202 g/mol. The van der Waals surface area contributed by atoms with Crippen LogP contribution in [0.15, 0.2) is 35.3 Å². The van der Waals surface area contributed by atoms with Gasteiger partial charge in [-0.3, -0.25) is 0 Å². The molecule has 0 unspecified atom stereocenters. The third kappa shape index (κ3) is 1.53. The third-order valence-electron chi connectivity index (χ3n) is 3.09. The molecule has 0 atom stereocenters. The van der Waals surface area contributed by atoms with Gasteiger partial charge in [-0.15, -0.1) is 0 Å². The molecule has 1 saturated carbocycles. The number of nitrogens with one attached hydrogen (secondary N) is 1. The molecule has 1 fully saturated rings. The lowest BCUT2D eigenvalue weighted by Gasteiger charge is -2.15. The van der Waals surface area contributed by atoms with Crippen LogP contribution < -0.4 is 5.48 Å². The van der Waals surface area contributed by atoms with E-state index >= 15 is 0 Å². The van der Waals surface area contributed by atoms with Crippen LogP contribution in [0.2, 0.25) is 0 Å². The second-order valence-electron chi connectivity index (χ2n) is 4.18. The number of aliphatic imine (C=N–C) groups is 1. The number of nitrogens with zero attached hydrogens (tertiary/aromatic N) is 1. The van der Waals surface area contributed by atoms with E-state index in [1.165, 1.54) is 12.8 Å². The summed E-state index contributed by atoms with van der Waals surface area (Å²) in [6.07, 6.45) is 4.51. The van der Waals surface area contributed by atoms with E-state index < -0.39 is 0 Å². The molecule has 0 amide bonds. The average Bonchev–Trinajstić information content (AvgIpc) is 2.91. The van der Waals surface area contributed by atoms with Gasteiger partial charge in [0.15, 0.2) is 11.6 Å². The molecular formula is C12H14N2O.